The number of rotatable bonds is 8. The zero-order valence-electron chi connectivity index (χ0n) is 12.3. The molecule has 1 aromatic heterocycles. The summed E-state index contributed by atoms with van der Waals surface area (Å²) in [6.07, 6.45) is 2.40. The van der Waals surface area contributed by atoms with Crippen LogP contribution in [0, 0.1) is 6.92 Å². The van der Waals surface area contributed by atoms with Crippen molar-refractivity contribution in [3.63, 3.8) is 0 Å². The Morgan fingerprint density at radius 2 is 2.15 bits per heavy atom. The van der Waals surface area contributed by atoms with E-state index in [1.807, 2.05) is 23.1 Å². The summed E-state index contributed by atoms with van der Waals surface area (Å²) in [5.41, 5.74) is 1.34. The normalized spacial score (nSPS) is 12.5. The molecule has 1 aromatic carbocycles. The fourth-order valence-corrected chi connectivity index (χ4v) is 4.05. The molecule has 0 aliphatic heterocycles. The van der Waals surface area contributed by atoms with Crippen LogP contribution in [0.15, 0.2) is 46.7 Å². The lowest BCUT2D eigenvalue weighted by Crippen LogP contribution is -2.31. The Hall–Kier alpha value is -0.770. The van der Waals surface area contributed by atoms with Crippen LogP contribution < -0.4 is 5.32 Å². The number of hydrogen-bond donors (Lipinski definition) is 1. The van der Waals surface area contributed by atoms with E-state index in [1.54, 1.807) is 0 Å². The van der Waals surface area contributed by atoms with E-state index >= 15 is 0 Å². The number of thiophene rings is 1. The summed E-state index contributed by atoms with van der Waals surface area (Å²) in [6.45, 7) is 5.39. The number of nitrogens with one attached hydrogen (secondary N) is 1. The second-order valence-electron chi connectivity index (χ2n) is 5.00. The zero-order valence-corrected chi connectivity index (χ0v) is 13.9. The van der Waals surface area contributed by atoms with Gasteiger partial charge in [-0.05, 0) is 49.9 Å². The van der Waals surface area contributed by atoms with Gasteiger partial charge in [0.1, 0.15) is 0 Å². The molecule has 0 saturated heterocycles. The summed E-state index contributed by atoms with van der Waals surface area (Å²) in [4.78, 5) is 2.87. The standard InChI is InChI=1S/C17H23NS2/c1-3-18-15(9-10-16-8-5-11-19-16)13-20-17-7-4-6-14(2)12-17/h4-8,11-12,15,18H,3,9-10,13H2,1-2H3. The molecule has 1 N–H and O–H groups in total. The van der Waals surface area contributed by atoms with Crippen LogP contribution >= 0.6 is 23.1 Å². The van der Waals surface area contributed by atoms with Gasteiger partial charge >= 0.3 is 0 Å². The van der Waals surface area contributed by atoms with Crippen molar-refractivity contribution in [2.75, 3.05) is 12.3 Å². The van der Waals surface area contributed by atoms with E-state index in [2.05, 4.69) is 60.9 Å². The van der Waals surface area contributed by atoms with Crippen LogP contribution in [0.4, 0.5) is 0 Å². The maximum atomic E-state index is 3.61. The maximum Gasteiger partial charge on any atom is 0.0165 e. The third-order valence-corrected chi connectivity index (χ3v) is 5.35. The van der Waals surface area contributed by atoms with Gasteiger partial charge in [0.05, 0.1) is 0 Å². The van der Waals surface area contributed by atoms with Crippen LogP contribution in [0.1, 0.15) is 23.8 Å². The summed E-state index contributed by atoms with van der Waals surface area (Å²) < 4.78 is 0. The average Bonchev–Trinajstić information content (AvgIpc) is 2.95. The van der Waals surface area contributed by atoms with E-state index in [1.165, 1.54) is 28.2 Å². The topological polar surface area (TPSA) is 12.0 Å². The molecule has 0 radical (unpaired) electrons. The summed E-state index contributed by atoms with van der Waals surface area (Å²) in [5, 5.41) is 5.78. The van der Waals surface area contributed by atoms with Crippen molar-refractivity contribution in [3.05, 3.63) is 52.2 Å². The lowest BCUT2D eigenvalue weighted by molar-refractivity contribution is 0.539. The van der Waals surface area contributed by atoms with Crippen molar-refractivity contribution in [3.8, 4) is 0 Å². The molecule has 1 nitrogen and oxygen atoms in total. The van der Waals surface area contributed by atoms with E-state index in [9.17, 15) is 0 Å². The zero-order chi connectivity index (χ0) is 14.2. The molecule has 3 heteroatoms. The molecular formula is C17H23NS2. The van der Waals surface area contributed by atoms with E-state index < -0.39 is 0 Å². The van der Waals surface area contributed by atoms with Gasteiger partial charge in [-0.2, -0.15) is 0 Å². The molecule has 0 spiro atoms. The highest BCUT2D eigenvalue weighted by molar-refractivity contribution is 7.99. The van der Waals surface area contributed by atoms with Gasteiger partial charge in [-0.1, -0.05) is 30.7 Å². The highest BCUT2D eigenvalue weighted by Crippen LogP contribution is 2.21. The molecule has 108 valence electrons. The Morgan fingerprint density at radius 1 is 1.25 bits per heavy atom. The minimum Gasteiger partial charge on any atom is -0.313 e. The van der Waals surface area contributed by atoms with Crippen LogP contribution in [0.5, 0.6) is 0 Å². The molecule has 2 aromatic rings. The van der Waals surface area contributed by atoms with E-state index in [4.69, 9.17) is 0 Å². The maximum absolute atomic E-state index is 3.61. The van der Waals surface area contributed by atoms with Crippen molar-refractivity contribution in [2.24, 2.45) is 0 Å². The predicted octanol–water partition coefficient (Wildman–Crippen LogP) is 4.76. The Morgan fingerprint density at radius 3 is 2.85 bits per heavy atom. The van der Waals surface area contributed by atoms with Gasteiger partial charge in [-0.15, -0.1) is 23.1 Å². The van der Waals surface area contributed by atoms with Gasteiger partial charge in [0.25, 0.3) is 0 Å². The van der Waals surface area contributed by atoms with Crippen LogP contribution in [-0.4, -0.2) is 18.3 Å². The molecule has 1 unspecified atom stereocenters. The van der Waals surface area contributed by atoms with Gasteiger partial charge < -0.3 is 5.32 Å². The lowest BCUT2D eigenvalue weighted by atomic mass is 10.1. The largest absolute Gasteiger partial charge is 0.313 e. The molecule has 0 aliphatic rings. The Labute approximate surface area is 130 Å². The van der Waals surface area contributed by atoms with Gasteiger partial charge in [0, 0.05) is 21.6 Å². The van der Waals surface area contributed by atoms with Crippen molar-refractivity contribution in [1.82, 2.24) is 5.32 Å². The van der Waals surface area contributed by atoms with Crippen molar-refractivity contribution in [1.29, 1.82) is 0 Å². The quantitative estimate of drug-likeness (QED) is 0.706. The molecule has 0 amide bonds. The lowest BCUT2D eigenvalue weighted by Gasteiger charge is -2.17. The highest BCUT2D eigenvalue weighted by Gasteiger charge is 2.09. The Balaban J connectivity index is 1.82. The summed E-state index contributed by atoms with van der Waals surface area (Å²) in [6, 6.07) is 13.7. The van der Waals surface area contributed by atoms with E-state index in [0.29, 0.717) is 6.04 Å². The Kier molecular flexibility index (Phi) is 6.64. The summed E-state index contributed by atoms with van der Waals surface area (Å²) in [5.74, 6) is 1.14. The van der Waals surface area contributed by atoms with Crippen molar-refractivity contribution in [2.45, 2.75) is 37.6 Å². The SMILES string of the molecule is CCNC(CCc1cccs1)CSc1cccc(C)c1. The first-order valence-electron chi connectivity index (χ1n) is 7.23. The molecule has 0 fully saturated rings. The third kappa shape index (κ3) is 5.31. The molecular weight excluding hydrogens is 282 g/mol. The van der Waals surface area contributed by atoms with Gasteiger partial charge in [-0.25, -0.2) is 0 Å². The fraction of sp³-hybridized carbons (Fsp3) is 0.412. The summed E-state index contributed by atoms with van der Waals surface area (Å²) >= 11 is 3.83. The van der Waals surface area contributed by atoms with Gasteiger partial charge in [-0.3, -0.25) is 0 Å². The average molecular weight is 306 g/mol. The van der Waals surface area contributed by atoms with Crippen LogP contribution in [0.25, 0.3) is 0 Å². The number of aryl methyl sites for hydroxylation is 2. The first kappa shape index (κ1) is 15.6. The molecule has 0 saturated carbocycles. The van der Waals surface area contributed by atoms with E-state index in [-0.39, 0.29) is 0 Å². The third-order valence-electron chi connectivity index (χ3n) is 3.25. The van der Waals surface area contributed by atoms with Crippen molar-refractivity contribution < 1.29 is 0 Å². The second-order valence-corrected chi connectivity index (χ2v) is 7.13. The molecule has 2 rings (SSSR count). The molecule has 0 aliphatic carbocycles. The minimum atomic E-state index is 0.590. The smallest absolute Gasteiger partial charge is 0.0165 e. The number of hydrogen-bond acceptors (Lipinski definition) is 3. The van der Waals surface area contributed by atoms with E-state index in [0.717, 1.165) is 12.3 Å². The molecule has 20 heavy (non-hydrogen) atoms. The van der Waals surface area contributed by atoms with Gasteiger partial charge in [0.15, 0.2) is 0 Å². The molecule has 1 heterocycles. The minimum absolute atomic E-state index is 0.590. The van der Waals surface area contributed by atoms with Gasteiger partial charge in [0.2, 0.25) is 0 Å². The number of benzene rings is 1. The Bertz CT molecular complexity index is 493. The molecule has 1 atom stereocenters. The molecule has 0 bridgehead atoms. The highest BCUT2D eigenvalue weighted by atomic mass is 32.2. The van der Waals surface area contributed by atoms with Crippen LogP contribution in [-0.2, 0) is 6.42 Å². The van der Waals surface area contributed by atoms with Crippen LogP contribution in [0.2, 0.25) is 0 Å². The fourth-order valence-electron chi connectivity index (χ4n) is 2.21. The first-order valence-corrected chi connectivity index (χ1v) is 9.09. The summed E-state index contributed by atoms with van der Waals surface area (Å²) in [7, 11) is 0. The monoisotopic (exact) mass is 305 g/mol. The van der Waals surface area contributed by atoms with Crippen LogP contribution in [0.3, 0.4) is 0 Å². The first-order chi connectivity index (χ1) is 9.78. The predicted molar refractivity (Wildman–Crippen MR) is 92.0 cm³/mol. The second kappa shape index (κ2) is 8.50. The van der Waals surface area contributed by atoms with Crippen molar-refractivity contribution >= 4 is 23.1 Å². The number of thioether (sulfide) groups is 1.